The number of amides is 2. The Morgan fingerprint density at radius 2 is 1.75 bits per heavy atom. The maximum Gasteiger partial charge on any atom is 0.255 e. The standard InChI is InChI=1S/C22H22N4O4S2/c1-17(27)24-19-9-11-21(12-10-19)32(29,30)26(15-18-6-3-2-4-7-18)16-22(28)25-23-14-20-8-5-13-31-20/h2-14H,15-16H2,1H3,(H,24,27)(H,25,28)/b23-14-. The number of sulfonamides is 1. The molecule has 2 aromatic carbocycles. The molecule has 8 nitrogen and oxygen atoms in total. The highest BCUT2D eigenvalue weighted by molar-refractivity contribution is 7.89. The molecule has 0 aliphatic heterocycles. The van der Waals surface area contributed by atoms with Crippen molar-refractivity contribution in [3.05, 3.63) is 82.6 Å². The number of carbonyl (C=O) groups excluding carboxylic acids is 2. The summed E-state index contributed by atoms with van der Waals surface area (Å²) in [7, 11) is -4.00. The van der Waals surface area contributed by atoms with Crippen molar-refractivity contribution < 1.29 is 18.0 Å². The van der Waals surface area contributed by atoms with Crippen molar-refractivity contribution in [2.75, 3.05) is 11.9 Å². The number of thiophene rings is 1. The minimum Gasteiger partial charge on any atom is -0.326 e. The lowest BCUT2D eigenvalue weighted by molar-refractivity contribution is -0.121. The minimum atomic E-state index is -4.00. The Morgan fingerprint density at radius 1 is 1.03 bits per heavy atom. The Kier molecular flexibility index (Phi) is 7.87. The first-order valence-electron chi connectivity index (χ1n) is 9.62. The van der Waals surface area contributed by atoms with E-state index in [1.54, 1.807) is 24.3 Å². The molecule has 0 aliphatic rings. The van der Waals surface area contributed by atoms with Crippen LogP contribution in [0.15, 0.2) is 82.1 Å². The minimum absolute atomic E-state index is 0.0115. The third kappa shape index (κ3) is 6.58. The van der Waals surface area contributed by atoms with E-state index in [0.29, 0.717) is 5.69 Å². The summed E-state index contributed by atoms with van der Waals surface area (Å²) >= 11 is 1.46. The third-order valence-corrected chi connectivity index (χ3v) is 6.87. The van der Waals surface area contributed by atoms with Gasteiger partial charge in [-0.05, 0) is 41.3 Å². The molecule has 0 spiro atoms. The first-order valence-corrected chi connectivity index (χ1v) is 11.9. The van der Waals surface area contributed by atoms with Crippen LogP contribution in [0.25, 0.3) is 0 Å². The molecule has 10 heteroatoms. The number of rotatable bonds is 9. The molecule has 2 amide bonds. The van der Waals surface area contributed by atoms with Crippen LogP contribution in [0.1, 0.15) is 17.4 Å². The fraction of sp³-hybridized carbons (Fsp3) is 0.136. The maximum absolute atomic E-state index is 13.3. The number of benzene rings is 2. The largest absolute Gasteiger partial charge is 0.326 e. The zero-order valence-corrected chi connectivity index (χ0v) is 18.9. The lowest BCUT2D eigenvalue weighted by Crippen LogP contribution is -2.39. The average molecular weight is 471 g/mol. The molecule has 0 saturated heterocycles. The van der Waals surface area contributed by atoms with Crippen molar-refractivity contribution in [1.82, 2.24) is 9.73 Å². The van der Waals surface area contributed by atoms with Crippen molar-refractivity contribution in [3.8, 4) is 0 Å². The van der Waals surface area contributed by atoms with Crippen LogP contribution in [-0.4, -0.2) is 37.3 Å². The average Bonchev–Trinajstić information content (AvgIpc) is 3.27. The van der Waals surface area contributed by atoms with E-state index in [4.69, 9.17) is 0 Å². The Labute approximate surface area is 190 Å². The quantitative estimate of drug-likeness (QED) is 0.370. The Bertz CT molecular complexity index is 1180. The summed E-state index contributed by atoms with van der Waals surface area (Å²) in [4.78, 5) is 24.5. The van der Waals surface area contributed by atoms with E-state index in [1.165, 1.54) is 48.7 Å². The number of anilines is 1. The van der Waals surface area contributed by atoms with Crippen molar-refractivity contribution in [1.29, 1.82) is 0 Å². The van der Waals surface area contributed by atoms with Crippen molar-refractivity contribution >= 4 is 45.1 Å². The van der Waals surface area contributed by atoms with Gasteiger partial charge in [0.2, 0.25) is 15.9 Å². The van der Waals surface area contributed by atoms with Crippen molar-refractivity contribution in [2.24, 2.45) is 5.10 Å². The van der Waals surface area contributed by atoms with E-state index in [9.17, 15) is 18.0 Å². The smallest absolute Gasteiger partial charge is 0.255 e. The molecule has 3 aromatic rings. The zero-order valence-electron chi connectivity index (χ0n) is 17.3. The van der Waals surface area contributed by atoms with E-state index < -0.39 is 22.5 Å². The summed E-state index contributed by atoms with van der Waals surface area (Å²) in [5.41, 5.74) is 3.59. The number of nitrogens with one attached hydrogen (secondary N) is 2. The summed E-state index contributed by atoms with van der Waals surface area (Å²) in [5, 5.41) is 8.37. The fourth-order valence-corrected chi connectivity index (χ4v) is 4.77. The molecular formula is C22H22N4O4S2. The van der Waals surface area contributed by atoms with E-state index in [0.717, 1.165) is 14.7 Å². The van der Waals surface area contributed by atoms with Gasteiger partial charge in [0.25, 0.3) is 5.91 Å². The first kappa shape index (κ1) is 23.3. The molecule has 0 bridgehead atoms. The monoisotopic (exact) mass is 470 g/mol. The molecule has 0 saturated carbocycles. The normalized spacial score (nSPS) is 11.6. The van der Waals surface area contributed by atoms with Gasteiger partial charge in [-0.1, -0.05) is 36.4 Å². The molecule has 3 rings (SSSR count). The second kappa shape index (κ2) is 10.8. The van der Waals surface area contributed by atoms with Gasteiger partial charge in [0, 0.05) is 24.0 Å². The van der Waals surface area contributed by atoms with Gasteiger partial charge in [-0.25, -0.2) is 13.8 Å². The summed E-state index contributed by atoms with van der Waals surface area (Å²) in [6.45, 7) is 0.969. The van der Waals surface area contributed by atoms with Crippen LogP contribution in [-0.2, 0) is 26.2 Å². The molecule has 1 heterocycles. The van der Waals surface area contributed by atoms with Gasteiger partial charge >= 0.3 is 0 Å². The maximum atomic E-state index is 13.3. The fourth-order valence-electron chi connectivity index (χ4n) is 2.80. The van der Waals surface area contributed by atoms with Gasteiger partial charge in [-0.15, -0.1) is 11.3 Å². The van der Waals surface area contributed by atoms with Crippen LogP contribution in [0.2, 0.25) is 0 Å². The number of hydrogen-bond donors (Lipinski definition) is 2. The lowest BCUT2D eigenvalue weighted by Gasteiger charge is -2.21. The molecule has 0 unspecified atom stereocenters. The SMILES string of the molecule is CC(=O)Nc1ccc(S(=O)(=O)N(CC(=O)N/N=C\c2cccs2)Cc2ccccc2)cc1. The van der Waals surface area contributed by atoms with E-state index in [1.807, 2.05) is 23.6 Å². The van der Waals surface area contributed by atoms with Crippen LogP contribution in [0.4, 0.5) is 5.69 Å². The molecule has 0 atom stereocenters. The molecule has 2 N–H and O–H groups in total. The lowest BCUT2D eigenvalue weighted by atomic mass is 10.2. The summed E-state index contributed by atoms with van der Waals surface area (Å²) in [6, 6.07) is 18.5. The third-order valence-electron chi connectivity index (χ3n) is 4.26. The summed E-state index contributed by atoms with van der Waals surface area (Å²) in [5.74, 6) is -0.821. The zero-order chi connectivity index (χ0) is 23.0. The van der Waals surface area contributed by atoms with Crippen LogP contribution < -0.4 is 10.7 Å². The molecular weight excluding hydrogens is 448 g/mol. The molecule has 166 valence electrons. The van der Waals surface area contributed by atoms with E-state index in [2.05, 4.69) is 15.8 Å². The highest BCUT2D eigenvalue weighted by Gasteiger charge is 2.27. The highest BCUT2D eigenvalue weighted by atomic mass is 32.2. The van der Waals surface area contributed by atoms with Gasteiger partial charge in [-0.3, -0.25) is 9.59 Å². The number of carbonyl (C=O) groups is 2. The van der Waals surface area contributed by atoms with Crippen LogP contribution in [0, 0.1) is 0 Å². The number of hydrazone groups is 1. The second-order valence-corrected chi connectivity index (χ2v) is 9.69. The topological polar surface area (TPSA) is 108 Å². The first-order chi connectivity index (χ1) is 15.3. The van der Waals surface area contributed by atoms with Gasteiger partial charge in [-0.2, -0.15) is 9.41 Å². The molecule has 0 fully saturated rings. The van der Waals surface area contributed by atoms with Gasteiger partial charge in [0.15, 0.2) is 0 Å². The molecule has 0 radical (unpaired) electrons. The van der Waals surface area contributed by atoms with Gasteiger partial charge in [0.1, 0.15) is 0 Å². The number of hydrogen-bond acceptors (Lipinski definition) is 6. The van der Waals surface area contributed by atoms with Crippen molar-refractivity contribution in [3.63, 3.8) is 0 Å². The Morgan fingerprint density at radius 3 is 2.38 bits per heavy atom. The number of nitrogens with zero attached hydrogens (tertiary/aromatic N) is 2. The molecule has 1 aromatic heterocycles. The summed E-state index contributed by atoms with van der Waals surface area (Å²) < 4.78 is 27.7. The summed E-state index contributed by atoms with van der Waals surface area (Å²) in [6.07, 6.45) is 1.50. The molecule has 0 aliphatic carbocycles. The van der Waals surface area contributed by atoms with Crippen molar-refractivity contribution in [2.45, 2.75) is 18.4 Å². The van der Waals surface area contributed by atoms with Crippen LogP contribution >= 0.6 is 11.3 Å². The Balaban J connectivity index is 1.79. The molecule has 32 heavy (non-hydrogen) atoms. The van der Waals surface area contributed by atoms with Gasteiger partial charge < -0.3 is 5.32 Å². The Hall–Kier alpha value is -3.34. The second-order valence-electron chi connectivity index (χ2n) is 6.77. The van der Waals surface area contributed by atoms with Crippen LogP contribution in [0.3, 0.4) is 0 Å². The van der Waals surface area contributed by atoms with Crippen LogP contribution in [0.5, 0.6) is 0 Å². The predicted octanol–water partition coefficient (Wildman–Crippen LogP) is 3.05. The van der Waals surface area contributed by atoms with E-state index >= 15 is 0 Å². The highest BCUT2D eigenvalue weighted by Crippen LogP contribution is 2.20. The van der Waals surface area contributed by atoms with Gasteiger partial charge in [0.05, 0.1) is 17.7 Å². The predicted molar refractivity (Wildman–Crippen MR) is 125 cm³/mol. The van der Waals surface area contributed by atoms with E-state index in [-0.39, 0.29) is 17.3 Å².